The summed E-state index contributed by atoms with van der Waals surface area (Å²) in [6.45, 7) is 5.13. The van der Waals surface area contributed by atoms with Crippen LogP contribution in [0.3, 0.4) is 0 Å². The van der Waals surface area contributed by atoms with Gasteiger partial charge in [0.05, 0.1) is 32.7 Å². The first-order chi connectivity index (χ1) is 17.2. The molecule has 0 N–H and O–H groups in total. The van der Waals surface area contributed by atoms with Gasteiger partial charge in [0.25, 0.3) is 5.91 Å². The number of thiazole rings is 1. The standard InChI is InChI=1S/C25H15Cl2FN2O5S/c1-3-8-34-24(33)22-11(2)29-25(36-22)30-19(12-4-6-15(26)16(27)9-12)18-20(31)14-10-13(28)5-7-17(14)35-21(18)23(30)32/h3-7,9-10,19H,1,8H2,2H3. The maximum Gasteiger partial charge on any atom is 0.350 e. The van der Waals surface area contributed by atoms with Crippen LogP contribution in [0, 0.1) is 12.7 Å². The van der Waals surface area contributed by atoms with E-state index in [-0.39, 0.29) is 49.0 Å². The smallest absolute Gasteiger partial charge is 0.350 e. The van der Waals surface area contributed by atoms with Crippen LogP contribution >= 0.6 is 34.5 Å². The van der Waals surface area contributed by atoms with Gasteiger partial charge >= 0.3 is 5.97 Å². The Morgan fingerprint density at radius 2 is 2.03 bits per heavy atom. The van der Waals surface area contributed by atoms with E-state index in [9.17, 15) is 18.8 Å². The summed E-state index contributed by atoms with van der Waals surface area (Å²) in [7, 11) is 0. The molecule has 0 radical (unpaired) electrons. The molecule has 5 rings (SSSR count). The summed E-state index contributed by atoms with van der Waals surface area (Å²) in [6, 6.07) is 7.14. The second-order valence-electron chi connectivity index (χ2n) is 7.86. The number of ether oxygens (including phenoxy) is 1. The fourth-order valence-electron chi connectivity index (χ4n) is 4.02. The molecule has 36 heavy (non-hydrogen) atoms. The molecule has 3 heterocycles. The van der Waals surface area contributed by atoms with E-state index in [0.29, 0.717) is 11.3 Å². The van der Waals surface area contributed by atoms with Gasteiger partial charge in [-0.15, -0.1) is 0 Å². The minimum absolute atomic E-state index is 0.000117. The lowest BCUT2D eigenvalue weighted by Crippen LogP contribution is -2.29. The number of rotatable bonds is 5. The monoisotopic (exact) mass is 544 g/mol. The van der Waals surface area contributed by atoms with Crippen molar-refractivity contribution in [1.82, 2.24) is 4.98 Å². The zero-order chi connectivity index (χ0) is 25.7. The fourth-order valence-corrected chi connectivity index (χ4v) is 5.31. The van der Waals surface area contributed by atoms with E-state index >= 15 is 0 Å². The van der Waals surface area contributed by atoms with E-state index in [1.165, 1.54) is 29.2 Å². The number of hydrogen-bond donors (Lipinski definition) is 0. The highest BCUT2D eigenvalue weighted by Gasteiger charge is 2.45. The third kappa shape index (κ3) is 3.89. The second kappa shape index (κ2) is 9.16. The number of carbonyl (C=O) groups excluding carboxylic acids is 2. The summed E-state index contributed by atoms with van der Waals surface area (Å²) < 4.78 is 24.9. The van der Waals surface area contributed by atoms with Crippen LogP contribution in [0.25, 0.3) is 11.0 Å². The first kappa shape index (κ1) is 24.2. The fraction of sp³-hybridized carbons (Fsp3) is 0.120. The third-order valence-electron chi connectivity index (χ3n) is 5.60. The molecule has 0 saturated carbocycles. The summed E-state index contributed by atoms with van der Waals surface area (Å²) in [4.78, 5) is 45.6. The highest BCUT2D eigenvalue weighted by Crippen LogP contribution is 2.44. The van der Waals surface area contributed by atoms with E-state index < -0.39 is 29.2 Å². The molecule has 2 aromatic heterocycles. The van der Waals surface area contributed by atoms with Crippen LogP contribution in [0.15, 0.2) is 58.3 Å². The third-order valence-corrected chi connectivity index (χ3v) is 7.48. The summed E-state index contributed by atoms with van der Waals surface area (Å²) >= 11 is 13.3. The van der Waals surface area contributed by atoms with Gasteiger partial charge in [-0.1, -0.05) is 53.3 Å². The molecule has 0 fully saturated rings. The zero-order valence-corrected chi connectivity index (χ0v) is 20.8. The number of nitrogens with zero attached hydrogens (tertiary/aromatic N) is 2. The molecule has 7 nitrogen and oxygen atoms in total. The van der Waals surface area contributed by atoms with Crippen molar-refractivity contribution in [2.45, 2.75) is 13.0 Å². The summed E-state index contributed by atoms with van der Waals surface area (Å²) in [5, 5.41) is 0.606. The van der Waals surface area contributed by atoms with Crippen molar-refractivity contribution in [2.75, 3.05) is 11.5 Å². The molecule has 0 aliphatic carbocycles. The highest BCUT2D eigenvalue weighted by molar-refractivity contribution is 7.17. The molecule has 11 heteroatoms. The molecule has 182 valence electrons. The van der Waals surface area contributed by atoms with Gasteiger partial charge in [-0.25, -0.2) is 14.2 Å². The van der Waals surface area contributed by atoms with Crippen LogP contribution in [0.4, 0.5) is 9.52 Å². The lowest BCUT2D eigenvalue weighted by molar-refractivity contribution is 0.0554. The number of carbonyl (C=O) groups is 2. The molecule has 0 saturated heterocycles. The largest absolute Gasteiger partial charge is 0.457 e. The minimum atomic E-state index is -1.02. The first-order valence-corrected chi connectivity index (χ1v) is 12.1. The summed E-state index contributed by atoms with van der Waals surface area (Å²) in [5.74, 6) is -2.11. The van der Waals surface area contributed by atoms with Crippen LogP contribution in [0.5, 0.6) is 0 Å². The molecular formula is C25H15Cl2FN2O5S. The Morgan fingerprint density at radius 3 is 2.75 bits per heavy atom. The number of amides is 1. The Bertz CT molecular complexity index is 1650. The van der Waals surface area contributed by atoms with Crippen molar-refractivity contribution in [3.05, 3.63) is 103 Å². The van der Waals surface area contributed by atoms with Crippen LogP contribution in [-0.4, -0.2) is 23.5 Å². The molecular weight excluding hydrogens is 530 g/mol. The number of benzene rings is 2. The minimum Gasteiger partial charge on any atom is -0.457 e. The van der Waals surface area contributed by atoms with E-state index in [4.69, 9.17) is 32.4 Å². The molecule has 1 aliphatic rings. The Labute approximate surface area is 217 Å². The highest BCUT2D eigenvalue weighted by atomic mass is 35.5. The maximum atomic E-state index is 14.0. The van der Waals surface area contributed by atoms with Crippen molar-refractivity contribution in [3.63, 3.8) is 0 Å². The molecule has 4 aromatic rings. The molecule has 1 aliphatic heterocycles. The predicted octanol–water partition coefficient (Wildman–Crippen LogP) is 6.10. The summed E-state index contributed by atoms with van der Waals surface area (Å²) in [5.41, 5.74) is 0.277. The molecule has 1 atom stereocenters. The molecule has 0 bridgehead atoms. The van der Waals surface area contributed by atoms with E-state index in [0.717, 1.165) is 23.5 Å². The maximum absolute atomic E-state index is 14.0. The number of hydrogen-bond acceptors (Lipinski definition) is 7. The van der Waals surface area contributed by atoms with Crippen molar-refractivity contribution in [1.29, 1.82) is 0 Å². The first-order valence-electron chi connectivity index (χ1n) is 10.5. The van der Waals surface area contributed by atoms with E-state index in [1.807, 2.05) is 0 Å². The molecule has 1 unspecified atom stereocenters. The number of aryl methyl sites for hydroxylation is 1. The van der Waals surface area contributed by atoms with Crippen molar-refractivity contribution in [3.8, 4) is 0 Å². The molecule has 1 amide bonds. The zero-order valence-electron chi connectivity index (χ0n) is 18.5. The molecule has 0 spiro atoms. The Morgan fingerprint density at radius 1 is 1.25 bits per heavy atom. The Kier molecular flexibility index (Phi) is 6.15. The van der Waals surface area contributed by atoms with Gasteiger partial charge in [-0.3, -0.25) is 14.5 Å². The van der Waals surface area contributed by atoms with Crippen LogP contribution in [-0.2, 0) is 4.74 Å². The van der Waals surface area contributed by atoms with Crippen LogP contribution in [0.1, 0.15) is 43.1 Å². The van der Waals surface area contributed by atoms with Gasteiger partial charge in [0.2, 0.25) is 5.76 Å². The SMILES string of the molecule is C=CCOC(=O)c1sc(N2C(=O)c3oc4ccc(F)cc4c(=O)c3C2c2ccc(Cl)c(Cl)c2)nc1C. The van der Waals surface area contributed by atoms with Crippen LogP contribution in [0.2, 0.25) is 10.0 Å². The van der Waals surface area contributed by atoms with E-state index in [2.05, 4.69) is 11.6 Å². The number of halogens is 3. The predicted molar refractivity (Wildman–Crippen MR) is 135 cm³/mol. The van der Waals surface area contributed by atoms with Gasteiger partial charge in [0, 0.05) is 0 Å². The average Bonchev–Trinajstić information content (AvgIpc) is 3.37. The normalized spacial score (nSPS) is 14.8. The Balaban J connectivity index is 1.74. The van der Waals surface area contributed by atoms with Gasteiger partial charge in [0.1, 0.15) is 22.9 Å². The van der Waals surface area contributed by atoms with Crippen molar-refractivity contribution >= 4 is 62.5 Å². The number of anilines is 1. The lowest BCUT2D eigenvalue weighted by atomic mass is 9.99. The average molecular weight is 545 g/mol. The number of esters is 1. The molecule has 2 aromatic carbocycles. The van der Waals surface area contributed by atoms with E-state index in [1.54, 1.807) is 13.0 Å². The van der Waals surface area contributed by atoms with Crippen LogP contribution < -0.4 is 10.3 Å². The summed E-state index contributed by atoms with van der Waals surface area (Å²) in [6.07, 6.45) is 1.43. The second-order valence-corrected chi connectivity index (χ2v) is 9.66. The quantitative estimate of drug-likeness (QED) is 0.223. The van der Waals surface area contributed by atoms with Gasteiger partial charge < -0.3 is 9.15 Å². The topological polar surface area (TPSA) is 89.7 Å². The van der Waals surface area contributed by atoms with Gasteiger partial charge in [-0.2, -0.15) is 0 Å². The van der Waals surface area contributed by atoms with Gasteiger partial charge in [-0.05, 0) is 42.8 Å². The number of fused-ring (bicyclic) bond motifs is 2. The Hall–Kier alpha value is -3.53. The van der Waals surface area contributed by atoms with Crippen molar-refractivity contribution in [2.24, 2.45) is 0 Å². The van der Waals surface area contributed by atoms with Crippen molar-refractivity contribution < 1.29 is 23.1 Å². The van der Waals surface area contributed by atoms with Gasteiger partial charge in [0.15, 0.2) is 10.6 Å². The lowest BCUT2D eigenvalue weighted by Gasteiger charge is -2.22. The number of aromatic nitrogens is 1.